The van der Waals surface area contributed by atoms with Gasteiger partial charge < -0.3 is 11.1 Å². The number of hydrogen-bond donors (Lipinski definition) is 2. The highest BCUT2D eigenvalue weighted by atomic mass is 79.9. The average molecular weight is 410 g/mol. The molecule has 0 bridgehead atoms. The van der Waals surface area contributed by atoms with E-state index >= 15 is 0 Å². The van der Waals surface area contributed by atoms with Crippen LogP contribution in [0.25, 0.3) is 0 Å². The van der Waals surface area contributed by atoms with Crippen LogP contribution < -0.4 is 11.1 Å². The maximum Gasteiger partial charge on any atom is 0.261 e. The summed E-state index contributed by atoms with van der Waals surface area (Å²) in [6.45, 7) is 0. The minimum atomic E-state index is -0.226. The lowest BCUT2D eigenvalue weighted by molar-refractivity contribution is -0.122. The second-order valence-corrected chi connectivity index (χ2v) is 7.88. The van der Waals surface area contributed by atoms with E-state index in [2.05, 4.69) is 37.2 Å². The SMILES string of the molecule is NC(=O)C1CCC(NC(=O)c2cc(Br)c(Br)s2)CC1. The molecule has 1 saturated carbocycles. The highest BCUT2D eigenvalue weighted by molar-refractivity contribution is 9.13. The van der Waals surface area contributed by atoms with Crippen molar-refractivity contribution in [3.8, 4) is 0 Å². The van der Waals surface area contributed by atoms with Crippen LogP contribution in [0.5, 0.6) is 0 Å². The molecule has 0 unspecified atom stereocenters. The molecule has 3 N–H and O–H groups in total. The van der Waals surface area contributed by atoms with E-state index < -0.39 is 0 Å². The molecule has 2 rings (SSSR count). The molecule has 1 aromatic heterocycles. The molecule has 1 heterocycles. The average Bonchev–Trinajstić information content (AvgIpc) is 2.70. The third kappa shape index (κ3) is 3.79. The zero-order valence-electron chi connectivity index (χ0n) is 10.1. The first-order chi connectivity index (χ1) is 8.97. The van der Waals surface area contributed by atoms with E-state index in [1.54, 1.807) is 6.07 Å². The monoisotopic (exact) mass is 408 g/mol. The Morgan fingerprint density at radius 1 is 1.26 bits per heavy atom. The van der Waals surface area contributed by atoms with Gasteiger partial charge in [0, 0.05) is 16.4 Å². The first-order valence-corrected chi connectivity index (χ1v) is 8.42. The van der Waals surface area contributed by atoms with Gasteiger partial charge in [0.15, 0.2) is 0 Å². The molecule has 0 saturated heterocycles. The molecule has 1 fully saturated rings. The van der Waals surface area contributed by atoms with Gasteiger partial charge in [-0.25, -0.2) is 0 Å². The van der Waals surface area contributed by atoms with E-state index in [0.29, 0.717) is 4.88 Å². The van der Waals surface area contributed by atoms with Crippen LogP contribution in [0.15, 0.2) is 14.3 Å². The number of rotatable bonds is 3. The smallest absolute Gasteiger partial charge is 0.261 e. The number of primary amides is 1. The van der Waals surface area contributed by atoms with Gasteiger partial charge in [-0.15, -0.1) is 11.3 Å². The molecule has 19 heavy (non-hydrogen) atoms. The highest BCUT2D eigenvalue weighted by Gasteiger charge is 2.26. The van der Waals surface area contributed by atoms with Crippen LogP contribution in [-0.4, -0.2) is 17.9 Å². The van der Waals surface area contributed by atoms with E-state index in [1.165, 1.54) is 11.3 Å². The van der Waals surface area contributed by atoms with Gasteiger partial charge in [-0.05, 0) is 63.6 Å². The molecule has 4 nitrogen and oxygen atoms in total. The predicted molar refractivity (Wildman–Crippen MR) is 82.1 cm³/mol. The molecular weight excluding hydrogens is 396 g/mol. The van der Waals surface area contributed by atoms with E-state index in [0.717, 1.165) is 33.9 Å². The van der Waals surface area contributed by atoms with Gasteiger partial charge >= 0.3 is 0 Å². The third-order valence-electron chi connectivity index (χ3n) is 3.33. The van der Waals surface area contributed by atoms with E-state index in [1.807, 2.05) is 0 Å². The Balaban J connectivity index is 1.89. The molecule has 0 aromatic carbocycles. The van der Waals surface area contributed by atoms with Crippen LogP contribution >= 0.6 is 43.2 Å². The van der Waals surface area contributed by atoms with Gasteiger partial charge in [0.2, 0.25) is 5.91 Å². The van der Waals surface area contributed by atoms with Crippen LogP contribution in [0.2, 0.25) is 0 Å². The molecule has 1 aromatic rings. The summed E-state index contributed by atoms with van der Waals surface area (Å²) in [6, 6.07) is 1.95. The van der Waals surface area contributed by atoms with Gasteiger partial charge in [0.05, 0.1) is 8.66 Å². The van der Waals surface area contributed by atoms with Crippen LogP contribution in [0.4, 0.5) is 0 Å². The zero-order valence-corrected chi connectivity index (χ0v) is 14.1. The largest absolute Gasteiger partial charge is 0.369 e. The zero-order chi connectivity index (χ0) is 14.0. The highest BCUT2D eigenvalue weighted by Crippen LogP contribution is 2.32. The number of amides is 2. The Kier molecular flexibility index (Phi) is 5.03. The Bertz CT molecular complexity index is 476. The second kappa shape index (κ2) is 6.37. The summed E-state index contributed by atoms with van der Waals surface area (Å²) in [4.78, 5) is 23.8. The molecule has 0 aliphatic heterocycles. The third-order valence-corrected chi connectivity index (χ3v) is 6.59. The summed E-state index contributed by atoms with van der Waals surface area (Å²) in [5, 5.41) is 3.01. The Morgan fingerprint density at radius 3 is 2.37 bits per heavy atom. The number of thiophene rings is 1. The minimum absolute atomic E-state index is 0.0295. The van der Waals surface area contributed by atoms with Gasteiger partial charge in [0.1, 0.15) is 0 Å². The van der Waals surface area contributed by atoms with Crippen molar-refractivity contribution in [3.63, 3.8) is 0 Å². The van der Waals surface area contributed by atoms with Crippen molar-refractivity contribution in [1.29, 1.82) is 0 Å². The molecule has 0 spiro atoms. The topological polar surface area (TPSA) is 72.2 Å². The van der Waals surface area contributed by atoms with Gasteiger partial charge in [-0.1, -0.05) is 0 Å². The first kappa shape index (κ1) is 15.0. The lowest BCUT2D eigenvalue weighted by Crippen LogP contribution is -2.39. The molecule has 0 radical (unpaired) electrons. The van der Waals surface area contributed by atoms with Crippen molar-refractivity contribution in [2.24, 2.45) is 11.7 Å². The lowest BCUT2D eigenvalue weighted by atomic mass is 9.85. The molecule has 2 amide bonds. The van der Waals surface area contributed by atoms with Crippen LogP contribution in [0, 0.1) is 5.92 Å². The molecule has 1 aliphatic rings. The van der Waals surface area contributed by atoms with Crippen LogP contribution in [0.3, 0.4) is 0 Å². The number of nitrogens with two attached hydrogens (primary N) is 1. The number of hydrogen-bond acceptors (Lipinski definition) is 3. The van der Waals surface area contributed by atoms with Crippen molar-refractivity contribution < 1.29 is 9.59 Å². The first-order valence-electron chi connectivity index (χ1n) is 6.02. The molecule has 104 valence electrons. The summed E-state index contributed by atoms with van der Waals surface area (Å²) in [5.41, 5.74) is 5.29. The Morgan fingerprint density at radius 2 is 1.89 bits per heavy atom. The molecule has 7 heteroatoms. The molecule has 0 atom stereocenters. The van der Waals surface area contributed by atoms with Crippen molar-refractivity contribution in [2.45, 2.75) is 31.7 Å². The summed E-state index contributed by atoms with van der Waals surface area (Å²) in [6.07, 6.45) is 3.15. The van der Waals surface area contributed by atoms with Crippen LogP contribution in [0.1, 0.15) is 35.4 Å². The van der Waals surface area contributed by atoms with E-state index in [-0.39, 0.29) is 23.8 Å². The predicted octanol–water partition coefficient (Wildman–Crippen LogP) is 3.05. The summed E-state index contributed by atoms with van der Waals surface area (Å²) in [5.74, 6) is -0.312. The number of halogens is 2. The standard InChI is InChI=1S/C12H14Br2N2O2S/c13-8-5-9(19-10(8)14)12(18)16-7-3-1-6(2-4-7)11(15)17/h5-7H,1-4H2,(H2,15,17)(H,16,18). The summed E-state index contributed by atoms with van der Waals surface area (Å²) < 4.78 is 1.80. The fourth-order valence-electron chi connectivity index (χ4n) is 2.24. The molecular formula is C12H14Br2N2O2S. The Hall–Kier alpha value is -0.400. The number of carbonyl (C=O) groups is 2. The molecule has 1 aliphatic carbocycles. The lowest BCUT2D eigenvalue weighted by Gasteiger charge is -2.27. The quantitative estimate of drug-likeness (QED) is 0.805. The minimum Gasteiger partial charge on any atom is -0.369 e. The summed E-state index contributed by atoms with van der Waals surface area (Å²) in [7, 11) is 0. The fourth-order valence-corrected chi connectivity index (χ4v) is 4.18. The van der Waals surface area contributed by atoms with Gasteiger partial charge in [-0.2, -0.15) is 0 Å². The number of carbonyl (C=O) groups excluding carboxylic acids is 2. The van der Waals surface area contributed by atoms with Crippen LogP contribution in [-0.2, 0) is 4.79 Å². The van der Waals surface area contributed by atoms with E-state index in [9.17, 15) is 9.59 Å². The van der Waals surface area contributed by atoms with Crippen molar-refractivity contribution in [3.05, 3.63) is 19.2 Å². The van der Waals surface area contributed by atoms with Crippen molar-refractivity contribution >= 4 is 55.0 Å². The van der Waals surface area contributed by atoms with Gasteiger partial charge in [0.25, 0.3) is 5.91 Å². The van der Waals surface area contributed by atoms with Crippen molar-refractivity contribution in [2.75, 3.05) is 0 Å². The van der Waals surface area contributed by atoms with E-state index in [4.69, 9.17) is 5.73 Å². The van der Waals surface area contributed by atoms with Crippen molar-refractivity contribution in [1.82, 2.24) is 5.32 Å². The summed E-state index contributed by atoms with van der Waals surface area (Å²) >= 11 is 8.14. The normalized spacial score (nSPS) is 23.1. The Labute approximate surface area is 132 Å². The maximum absolute atomic E-state index is 12.1. The van der Waals surface area contributed by atoms with Gasteiger partial charge in [-0.3, -0.25) is 9.59 Å². The fraction of sp³-hybridized carbons (Fsp3) is 0.500. The second-order valence-electron chi connectivity index (χ2n) is 4.66. The number of nitrogens with one attached hydrogen (secondary N) is 1. The maximum atomic E-state index is 12.1.